The predicted octanol–water partition coefficient (Wildman–Crippen LogP) is 4.26. The number of aliphatic hydroxyl groups is 1. The fraction of sp³-hybridized carbons (Fsp3) is 0.567. The van der Waals surface area contributed by atoms with Crippen molar-refractivity contribution in [1.82, 2.24) is 14.7 Å². The summed E-state index contributed by atoms with van der Waals surface area (Å²) in [5.74, 6) is 0.435. The molecular weight excluding hydrogens is 503 g/mol. The molecule has 8 heteroatoms. The lowest BCUT2D eigenvalue weighted by Crippen LogP contribution is -2.57. The zero-order valence-corrected chi connectivity index (χ0v) is 22.9. The summed E-state index contributed by atoms with van der Waals surface area (Å²) in [5, 5.41) is 10.6. The normalized spacial score (nSPS) is 24.1. The third-order valence-electron chi connectivity index (χ3n) is 8.65. The molecule has 3 aliphatic rings. The van der Waals surface area contributed by atoms with Crippen molar-refractivity contribution < 1.29 is 14.3 Å². The van der Waals surface area contributed by atoms with Gasteiger partial charge in [-0.2, -0.15) is 0 Å². The maximum atomic E-state index is 14.4. The second-order valence-corrected chi connectivity index (χ2v) is 11.5. The number of aliphatic hydroxyl groups excluding tert-OH is 1. The van der Waals surface area contributed by atoms with E-state index < -0.39 is 0 Å². The van der Waals surface area contributed by atoms with Crippen molar-refractivity contribution in [2.45, 2.75) is 50.8 Å². The fourth-order valence-corrected chi connectivity index (χ4v) is 6.65. The van der Waals surface area contributed by atoms with Gasteiger partial charge in [-0.15, -0.1) is 0 Å². The average molecular weight is 543 g/mol. The molecule has 2 atom stereocenters. The maximum Gasteiger partial charge on any atom is 0.222 e. The van der Waals surface area contributed by atoms with Crippen molar-refractivity contribution in [1.29, 1.82) is 0 Å². The summed E-state index contributed by atoms with van der Waals surface area (Å²) >= 11 is 6.47. The van der Waals surface area contributed by atoms with Crippen molar-refractivity contribution in [3.8, 4) is 0 Å². The van der Waals surface area contributed by atoms with Crippen LogP contribution in [-0.2, 0) is 11.3 Å². The van der Waals surface area contributed by atoms with Gasteiger partial charge in [-0.3, -0.25) is 14.6 Å². The lowest BCUT2D eigenvalue weighted by Gasteiger charge is -2.47. The number of para-hydroxylation sites is 1. The lowest BCUT2D eigenvalue weighted by atomic mass is 9.86. The smallest absolute Gasteiger partial charge is 0.222 e. The van der Waals surface area contributed by atoms with Gasteiger partial charge in [-0.1, -0.05) is 41.9 Å². The van der Waals surface area contributed by atoms with E-state index in [9.17, 15) is 14.3 Å². The number of nitrogens with zero attached hydrogens (tertiary/aromatic N) is 4. The van der Waals surface area contributed by atoms with E-state index in [-0.39, 0.29) is 17.8 Å². The van der Waals surface area contributed by atoms with Crippen molar-refractivity contribution in [2.24, 2.45) is 5.92 Å². The van der Waals surface area contributed by atoms with Gasteiger partial charge in [-0.25, -0.2) is 4.39 Å². The first-order chi connectivity index (χ1) is 18.5. The molecule has 3 aliphatic heterocycles. The molecule has 0 spiro atoms. The summed E-state index contributed by atoms with van der Waals surface area (Å²) in [6, 6.07) is 15.5. The second-order valence-electron chi connectivity index (χ2n) is 11.1. The molecule has 2 aromatic carbocycles. The number of rotatable bonds is 7. The summed E-state index contributed by atoms with van der Waals surface area (Å²) in [6.45, 7) is 7.49. The third kappa shape index (κ3) is 6.68. The molecule has 3 saturated heterocycles. The van der Waals surface area contributed by atoms with E-state index in [1.807, 2.05) is 35.2 Å². The Bertz CT molecular complexity index is 1070. The quantitative estimate of drug-likeness (QED) is 0.567. The zero-order chi connectivity index (χ0) is 26.5. The van der Waals surface area contributed by atoms with Crippen molar-refractivity contribution in [2.75, 3.05) is 57.3 Å². The summed E-state index contributed by atoms with van der Waals surface area (Å²) in [6.07, 6.45) is 3.54. The molecule has 3 fully saturated rings. The summed E-state index contributed by atoms with van der Waals surface area (Å²) in [5.41, 5.74) is 1.84. The first-order valence-electron chi connectivity index (χ1n) is 14.1. The molecule has 5 rings (SSSR count). The molecule has 1 amide bonds. The number of likely N-dealkylation sites (tertiary alicyclic amines) is 2. The molecule has 0 radical (unpaired) electrons. The number of carbonyl (C=O) groups is 1. The number of benzene rings is 2. The van der Waals surface area contributed by atoms with E-state index in [4.69, 9.17) is 11.6 Å². The van der Waals surface area contributed by atoms with Crippen LogP contribution in [0.15, 0.2) is 48.5 Å². The van der Waals surface area contributed by atoms with Crippen LogP contribution >= 0.6 is 11.6 Å². The van der Waals surface area contributed by atoms with E-state index >= 15 is 0 Å². The molecule has 0 bridgehead atoms. The number of amides is 1. The third-order valence-corrected chi connectivity index (χ3v) is 9.02. The summed E-state index contributed by atoms with van der Waals surface area (Å²) in [7, 11) is 0. The standard InChI is InChI=1S/C30H40ClFN4O2/c31-26-6-2-1-5-23(26)21-33-14-13-28(24(22-33)9-10-30(38)36-15-11-25(37)12-16-36)34-17-19-35(20-18-34)29-8-4-3-7-27(29)32/h1-8,24-25,28,37H,9-22H2/t24-,28+/m0/s1. The minimum absolute atomic E-state index is 0.157. The van der Waals surface area contributed by atoms with Gasteiger partial charge in [0.25, 0.3) is 0 Å². The molecule has 0 saturated carbocycles. The number of piperidine rings is 2. The number of hydrogen-bond donors (Lipinski definition) is 1. The average Bonchev–Trinajstić information content (AvgIpc) is 2.94. The Hall–Kier alpha value is -2.19. The van der Waals surface area contributed by atoms with Crippen LogP contribution in [0.2, 0.25) is 5.02 Å². The Morgan fingerprint density at radius 2 is 1.63 bits per heavy atom. The first kappa shape index (κ1) is 27.4. The monoisotopic (exact) mass is 542 g/mol. The first-order valence-corrected chi connectivity index (χ1v) is 14.5. The van der Waals surface area contributed by atoms with E-state index in [0.29, 0.717) is 50.0 Å². The zero-order valence-electron chi connectivity index (χ0n) is 22.2. The summed E-state index contributed by atoms with van der Waals surface area (Å²) in [4.78, 5) is 22.2. The molecule has 3 heterocycles. The fourth-order valence-electron chi connectivity index (χ4n) is 6.46. The number of halogens is 2. The van der Waals surface area contributed by atoms with Gasteiger partial charge in [0.1, 0.15) is 5.82 Å². The van der Waals surface area contributed by atoms with Gasteiger partial charge >= 0.3 is 0 Å². The number of carbonyl (C=O) groups excluding carboxylic acids is 1. The molecule has 38 heavy (non-hydrogen) atoms. The van der Waals surface area contributed by atoms with E-state index in [1.165, 1.54) is 6.07 Å². The van der Waals surface area contributed by atoms with Gasteiger partial charge in [0.2, 0.25) is 5.91 Å². The number of hydrogen-bond acceptors (Lipinski definition) is 5. The number of anilines is 1. The van der Waals surface area contributed by atoms with Crippen LogP contribution in [0.1, 0.15) is 37.7 Å². The lowest BCUT2D eigenvalue weighted by molar-refractivity contribution is -0.133. The van der Waals surface area contributed by atoms with E-state index in [2.05, 4.69) is 20.8 Å². The van der Waals surface area contributed by atoms with E-state index in [0.717, 1.165) is 69.2 Å². The van der Waals surface area contributed by atoms with E-state index in [1.54, 1.807) is 6.07 Å². The SMILES string of the molecule is O=C(CC[C@H]1CN(Cc2ccccc2Cl)CC[C@H]1N1CCN(c2ccccc2F)CC1)N1CCC(O)CC1. The Kier molecular flexibility index (Phi) is 9.20. The van der Waals surface area contributed by atoms with Crippen LogP contribution in [-0.4, -0.2) is 90.2 Å². The molecule has 2 aromatic rings. The van der Waals surface area contributed by atoms with Crippen LogP contribution in [0, 0.1) is 11.7 Å². The van der Waals surface area contributed by atoms with Crippen molar-refractivity contribution in [3.05, 3.63) is 64.9 Å². The topological polar surface area (TPSA) is 50.3 Å². The van der Waals surface area contributed by atoms with Crippen LogP contribution in [0.3, 0.4) is 0 Å². The summed E-state index contributed by atoms with van der Waals surface area (Å²) < 4.78 is 14.4. The highest BCUT2D eigenvalue weighted by Crippen LogP contribution is 2.30. The molecule has 0 aromatic heterocycles. The maximum absolute atomic E-state index is 14.4. The highest BCUT2D eigenvalue weighted by molar-refractivity contribution is 6.31. The Balaban J connectivity index is 1.23. The van der Waals surface area contributed by atoms with Crippen molar-refractivity contribution in [3.63, 3.8) is 0 Å². The van der Waals surface area contributed by atoms with Gasteiger partial charge < -0.3 is 14.9 Å². The molecule has 0 unspecified atom stereocenters. The molecule has 0 aliphatic carbocycles. The Morgan fingerprint density at radius 3 is 2.37 bits per heavy atom. The predicted molar refractivity (Wildman–Crippen MR) is 150 cm³/mol. The largest absolute Gasteiger partial charge is 0.393 e. The van der Waals surface area contributed by atoms with Gasteiger partial charge in [0.05, 0.1) is 11.8 Å². The Morgan fingerprint density at radius 1 is 0.921 bits per heavy atom. The highest BCUT2D eigenvalue weighted by Gasteiger charge is 2.35. The van der Waals surface area contributed by atoms with Crippen LogP contribution < -0.4 is 4.90 Å². The molecule has 1 N–H and O–H groups in total. The number of piperazine rings is 1. The minimum atomic E-state index is -0.275. The van der Waals surface area contributed by atoms with Crippen molar-refractivity contribution >= 4 is 23.2 Å². The Labute approximate surface area is 231 Å². The molecule has 206 valence electrons. The van der Waals surface area contributed by atoms with Gasteiger partial charge in [0.15, 0.2) is 0 Å². The second kappa shape index (κ2) is 12.8. The van der Waals surface area contributed by atoms with Gasteiger partial charge in [0, 0.05) is 69.8 Å². The molecular formula is C30H40ClFN4O2. The highest BCUT2D eigenvalue weighted by atomic mass is 35.5. The van der Waals surface area contributed by atoms with Crippen LogP contribution in [0.4, 0.5) is 10.1 Å². The van der Waals surface area contributed by atoms with Gasteiger partial charge in [-0.05, 0) is 61.9 Å². The van der Waals surface area contributed by atoms with Crippen LogP contribution in [0.5, 0.6) is 0 Å². The molecule has 6 nitrogen and oxygen atoms in total. The minimum Gasteiger partial charge on any atom is -0.393 e. The van der Waals surface area contributed by atoms with Crippen LogP contribution in [0.25, 0.3) is 0 Å².